The first-order chi connectivity index (χ1) is 15.6. The Bertz CT molecular complexity index is 1190. The second-order valence-electron chi connectivity index (χ2n) is 6.71. The highest BCUT2D eigenvalue weighted by Crippen LogP contribution is 2.25. The van der Waals surface area contributed by atoms with Crippen LogP contribution in [0.4, 0.5) is 16.2 Å². The summed E-state index contributed by atoms with van der Waals surface area (Å²) in [5, 5.41) is 13.8. The van der Waals surface area contributed by atoms with Gasteiger partial charge in [-0.1, -0.05) is 12.1 Å². The van der Waals surface area contributed by atoms with Gasteiger partial charge in [-0.2, -0.15) is 0 Å². The van der Waals surface area contributed by atoms with Crippen LogP contribution in [0.1, 0.15) is 12.7 Å². The molecule has 0 aliphatic carbocycles. The molecule has 0 saturated carbocycles. The number of ether oxygens (including phenoxy) is 2. The van der Waals surface area contributed by atoms with Gasteiger partial charge in [-0.15, -0.1) is 10.2 Å². The molecule has 2 heterocycles. The van der Waals surface area contributed by atoms with Gasteiger partial charge in [0, 0.05) is 24.1 Å². The van der Waals surface area contributed by atoms with Crippen molar-refractivity contribution in [1.82, 2.24) is 19.7 Å². The van der Waals surface area contributed by atoms with Crippen LogP contribution in [0.5, 0.6) is 17.4 Å². The predicted molar refractivity (Wildman–Crippen MR) is 121 cm³/mol. The third kappa shape index (κ3) is 5.01. The number of aryl methyl sites for hydroxylation is 1. The number of imidazole rings is 1. The highest BCUT2D eigenvalue weighted by molar-refractivity contribution is 6.00. The molecule has 32 heavy (non-hydrogen) atoms. The number of urea groups is 1. The lowest BCUT2D eigenvalue weighted by atomic mass is 10.3. The van der Waals surface area contributed by atoms with Gasteiger partial charge in [0.05, 0.1) is 12.3 Å². The first kappa shape index (κ1) is 20.9. The van der Waals surface area contributed by atoms with Crippen molar-refractivity contribution in [2.45, 2.75) is 13.8 Å². The van der Waals surface area contributed by atoms with Crippen molar-refractivity contribution in [3.8, 4) is 23.2 Å². The summed E-state index contributed by atoms with van der Waals surface area (Å²) < 4.78 is 13.1. The number of nitrogens with one attached hydrogen (secondary N) is 2. The van der Waals surface area contributed by atoms with Crippen LogP contribution in [-0.2, 0) is 0 Å². The number of nitrogens with zero attached hydrogens (tertiary/aromatic N) is 4. The van der Waals surface area contributed by atoms with Crippen molar-refractivity contribution in [1.29, 1.82) is 0 Å². The summed E-state index contributed by atoms with van der Waals surface area (Å²) in [5.74, 6) is 3.02. The molecular weight excluding hydrogens is 408 g/mol. The molecule has 0 atom stereocenters. The number of amides is 2. The molecule has 9 heteroatoms. The van der Waals surface area contributed by atoms with Crippen LogP contribution in [0, 0.1) is 6.92 Å². The average Bonchev–Trinajstić information content (AvgIpc) is 3.23. The van der Waals surface area contributed by atoms with E-state index in [4.69, 9.17) is 9.47 Å². The molecule has 2 amide bonds. The van der Waals surface area contributed by atoms with Crippen molar-refractivity contribution >= 4 is 17.4 Å². The summed E-state index contributed by atoms with van der Waals surface area (Å²) >= 11 is 0. The summed E-state index contributed by atoms with van der Waals surface area (Å²) in [4.78, 5) is 16.5. The van der Waals surface area contributed by atoms with Gasteiger partial charge in [0.25, 0.3) is 0 Å². The number of hydrogen-bond acceptors (Lipinski definition) is 6. The minimum Gasteiger partial charge on any atom is -0.492 e. The molecule has 0 spiro atoms. The number of rotatable bonds is 7. The monoisotopic (exact) mass is 430 g/mol. The third-order valence-electron chi connectivity index (χ3n) is 4.47. The second-order valence-corrected chi connectivity index (χ2v) is 6.71. The lowest BCUT2D eigenvalue weighted by molar-refractivity contribution is 0.262. The topological polar surface area (TPSA) is 103 Å². The fourth-order valence-corrected chi connectivity index (χ4v) is 2.98. The molecule has 0 unspecified atom stereocenters. The molecule has 4 aromatic rings. The Morgan fingerprint density at radius 1 is 1.00 bits per heavy atom. The molecule has 0 aliphatic heterocycles. The van der Waals surface area contributed by atoms with Gasteiger partial charge in [0.15, 0.2) is 5.82 Å². The minimum absolute atomic E-state index is 0.359. The van der Waals surface area contributed by atoms with Gasteiger partial charge in [-0.25, -0.2) is 9.78 Å². The van der Waals surface area contributed by atoms with E-state index < -0.39 is 0 Å². The fraction of sp³-hybridized carbons (Fsp3) is 0.130. The third-order valence-corrected chi connectivity index (χ3v) is 4.47. The summed E-state index contributed by atoms with van der Waals surface area (Å²) in [6.45, 7) is 4.29. The first-order valence-electron chi connectivity index (χ1n) is 10.0. The molecule has 2 N–H and O–H groups in total. The van der Waals surface area contributed by atoms with Gasteiger partial charge in [-0.05, 0) is 56.3 Å². The molecule has 9 nitrogen and oxygen atoms in total. The minimum atomic E-state index is -0.373. The molecule has 0 radical (unpaired) electrons. The van der Waals surface area contributed by atoms with Crippen LogP contribution < -0.4 is 20.1 Å². The Kier molecular flexibility index (Phi) is 6.26. The van der Waals surface area contributed by atoms with Gasteiger partial charge >= 0.3 is 6.03 Å². The molecule has 4 rings (SSSR count). The Labute approximate surface area is 185 Å². The largest absolute Gasteiger partial charge is 0.492 e. The molecule has 0 fully saturated rings. The number of para-hydroxylation sites is 2. The number of carbonyl (C=O) groups excluding carboxylic acids is 1. The number of anilines is 2. The molecule has 2 aromatic heterocycles. The lowest BCUT2D eigenvalue weighted by Crippen LogP contribution is -2.19. The van der Waals surface area contributed by atoms with Crippen molar-refractivity contribution in [3.63, 3.8) is 0 Å². The summed E-state index contributed by atoms with van der Waals surface area (Å²) in [6, 6.07) is 17.4. The zero-order valence-electron chi connectivity index (χ0n) is 17.6. The highest BCUT2D eigenvalue weighted by Gasteiger charge is 2.08. The molecular formula is C23H22N6O3. The average molecular weight is 430 g/mol. The van der Waals surface area contributed by atoms with Crippen LogP contribution in [0.3, 0.4) is 0 Å². The van der Waals surface area contributed by atoms with Gasteiger partial charge in [0.1, 0.15) is 17.3 Å². The summed E-state index contributed by atoms with van der Waals surface area (Å²) in [7, 11) is 0. The Morgan fingerprint density at radius 2 is 1.81 bits per heavy atom. The van der Waals surface area contributed by atoms with Crippen LogP contribution in [0.25, 0.3) is 5.82 Å². The summed E-state index contributed by atoms with van der Waals surface area (Å²) in [5.41, 5.74) is 1.21. The summed E-state index contributed by atoms with van der Waals surface area (Å²) in [6.07, 6.45) is 3.52. The van der Waals surface area contributed by atoms with Gasteiger partial charge in [0.2, 0.25) is 5.88 Å². The Morgan fingerprint density at radius 3 is 2.50 bits per heavy atom. The van der Waals surface area contributed by atoms with E-state index in [1.54, 1.807) is 54.7 Å². The van der Waals surface area contributed by atoms with E-state index in [0.717, 1.165) is 5.82 Å². The maximum absolute atomic E-state index is 12.3. The van der Waals surface area contributed by atoms with E-state index in [9.17, 15) is 4.79 Å². The van der Waals surface area contributed by atoms with E-state index >= 15 is 0 Å². The zero-order valence-corrected chi connectivity index (χ0v) is 17.6. The van der Waals surface area contributed by atoms with Crippen LogP contribution in [0.15, 0.2) is 73.1 Å². The highest BCUT2D eigenvalue weighted by atomic mass is 16.5. The number of carbonyl (C=O) groups is 1. The molecule has 2 aromatic carbocycles. The first-order valence-corrected chi connectivity index (χ1v) is 10.0. The lowest BCUT2D eigenvalue weighted by Gasteiger charge is -2.12. The SMILES string of the molecule is CCOc1ccccc1NC(=O)Nc1ccc(Oc2ccc(-n3ccnc3C)nn2)cc1. The van der Waals surface area contributed by atoms with Crippen molar-refractivity contribution in [2.24, 2.45) is 0 Å². The van der Waals surface area contributed by atoms with Gasteiger partial charge < -0.3 is 20.1 Å². The van der Waals surface area contributed by atoms with E-state index in [1.165, 1.54) is 0 Å². The zero-order chi connectivity index (χ0) is 22.3. The van der Waals surface area contributed by atoms with E-state index in [-0.39, 0.29) is 6.03 Å². The number of hydrogen-bond donors (Lipinski definition) is 2. The van der Waals surface area contributed by atoms with Crippen LogP contribution in [-0.4, -0.2) is 32.4 Å². The smallest absolute Gasteiger partial charge is 0.323 e. The van der Waals surface area contributed by atoms with Gasteiger partial charge in [-0.3, -0.25) is 4.57 Å². The van der Waals surface area contributed by atoms with Crippen molar-refractivity contribution in [3.05, 3.63) is 78.9 Å². The maximum Gasteiger partial charge on any atom is 0.323 e. The predicted octanol–water partition coefficient (Wildman–Crippen LogP) is 4.81. The Balaban J connectivity index is 1.35. The van der Waals surface area contributed by atoms with Crippen molar-refractivity contribution in [2.75, 3.05) is 17.2 Å². The van der Waals surface area contributed by atoms with Crippen LogP contribution in [0.2, 0.25) is 0 Å². The molecule has 0 bridgehead atoms. The van der Waals surface area contributed by atoms with E-state index in [2.05, 4.69) is 25.8 Å². The molecule has 162 valence electrons. The van der Waals surface area contributed by atoms with Crippen LogP contribution >= 0.6 is 0 Å². The standard InChI is InChI=1S/C23H22N6O3/c1-3-31-20-7-5-4-6-19(20)26-23(30)25-17-8-10-18(11-9-17)32-22-13-12-21(27-28-22)29-15-14-24-16(29)2/h4-15H,3H2,1-2H3,(H2,25,26,30). The quantitative estimate of drug-likeness (QED) is 0.436. The number of benzene rings is 2. The molecule has 0 aliphatic rings. The Hall–Kier alpha value is -4.40. The molecule has 0 saturated heterocycles. The number of aromatic nitrogens is 4. The second kappa shape index (κ2) is 9.61. The van der Waals surface area contributed by atoms with Crippen molar-refractivity contribution < 1.29 is 14.3 Å². The normalized spacial score (nSPS) is 10.4. The fourth-order valence-electron chi connectivity index (χ4n) is 2.98. The van der Waals surface area contributed by atoms with E-state index in [1.807, 2.05) is 36.7 Å². The van der Waals surface area contributed by atoms with E-state index in [0.29, 0.717) is 41.2 Å². The maximum atomic E-state index is 12.3.